The number of unbranched alkanes of at least 4 members (excludes halogenated alkanes) is 2. The molecule has 0 rings (SSSR count). The lowest BCUT2D eigenvalue weighted by atomic mass is 10.3. The summed E-state index contributed by atoms with van der Waals surface area (Å²) in [6, 6.07) is 0. The molecule has 4 nitrogen and oxygen atoms in total. The Hall–Kier alpha value is 0.270. The zero-order chi connectivity index (χ0) is 7.82. The molecule has 0 radical (unpaired) electrons. The molecule has 2 N–H and O–H groups in total. The summed E-state index contributed by atoms with van der Waals surface area (Å²) in [7, 11) is -2.04. The highest BCUT2D eigenvalue weighted by Gasteiger charge is 2.03. The quantitative estimate of drug-likeness (QED) is 0.275. The van der Waals surface area contributed by atoms with Gasteiger partial charge in [-0.3, -0.25) is 0 Å². The van der Waals surface area contributed by atoms with Crippen molar-refractivity contribution in [3.05, 3.63) is 0 Å². The van der Waals surface area contributed by atoms with Crippen LogP contribution in [0.15, 0.2) is 0 Å². The fraction of sp³-hybridized carbons (Fsp3) is 1.00. The Balaban J connectivity index is 2.89. The molecule has 0 aliphatic heterocycles. The van der Waals surface area contributed by atoms with Crippen molar-refractivity contribution < 1.29 is 19.3 Å². The van der Waals surface area contributed by atoms with E-state index in [1.165, 1.54) is 0 Å². The first-order valence-corrected chi connectivity index (χ1v) is 4.37. The Bertz CT molecular complexity index is 70.7. The van der Waals surface area contributed by atoms with E-state index >= 15 is 0 Å². The van der Waals surface area contributed by atoms with Gasteiger partial charge in [0, 0.05) is 0 Å². The van der Waals surface area contributed by atoms with Gasteiger partial charge in [0.2, 0.25) is 0 Å². The molecule has 1 atom stereocenters. The van der Waals surface area contributed by atoms with Crippen molar-refractivity contribution in [1.82, 2.24) is 0 Å². The van der Waals surface area contributed by atoms with E-state index in [0.29, 0.717) is 6.61 Å². The Labute approximate surface area is 61.7 Å². The standard InChI is InChI=1S/C5H13O4P/c1-2-3-4-5-8-10(7)9-6/h6-7H,2-5H2,1H3. The molecule has 0 saturated heterocycles. The SMILES string of the molecule is CCCCCOP(O)OO. The van der Waals surface area contributed by atoms with Crippen LogP contribution in [0.3, 0.4) is 0 Å². The summed E-state index contributed by atoms with van der Waals surface area (Å²) in [4.78, 5) is 8.53. The lowest BCUT2D eigenvalue weighted by molar-refractivity contribution is -0.149. The minimum Gasteiger partial charge on any atom is -0.326 e. The first-order chi connectivity index (χ1) is 4.81. The monoisotopic (exact) mass is 168 g/mol. The van der Waals surface area contributed by atoms with E-state index in [1.807, 2.05) is 0 Å². The molecule has 0 amide bonds. The molecule has 0 aromatic carbocycles. The molecule has 1 unspecified atom stereocenters. The van der Waals surface area contributed by atoms with E-state index < -0.39 is 8.60 Å². The molecule has 0 aromatic heterocycles. The third-order valence-corrected chi connectivity index (χ3v) is 1.56. The van der Waals surface area contributed by atoms with Gasteiger partial charge in [-0.25, -0.2) is 5.26 Å². The maximum atomic E-state index is 8.53. The van der Waals surface area contributed by atoms with Crippen LogP contribution in [-0.4, -0.2) is 16.8 Å². The van der Waals surface area contributed by atoms with E-state index in [4.69, 9.17) is 10.2 Å². The number of hydrogen-bond donors (Lipinski definition) is 2. The highest BCUT2D eigenvalue weighted by molar-refractivity contribution is 7.40. The van der Waals surface area contributed by atoms with Gasteiger partial charge in [0.05, 0.1) is 6.61 Å². The molecule has 0 spiro atoms. The Morgan fingerprint density at radius 1 is 1.40 bits per heavy atom. The van der Waals surface area contributed by atoms with Gasteiger partial charge in [-0.15, -0.1) is 0 Å². The molecule has 0 aromatic rings. The van der Waals surface area contributed by atoms with Crippen LogP contribution in [-0.2, 0) is 9.20 Å². The van der Waals surface area contributed by atoms with Crippen molar-refractivity contribution in [2.75, 3.05) is 6.61 Å². The number of rotatable bonds is 6. The summed E-state index contributed by atoms with van der Waals surface area (Å²) in [5.74, 6) is 0. The third-order valence-electron chi connectivity index (χ3n) is 1.02. The second kappa shape index (κ2) is 7.38. The molecule has 10 heavy (non-hydrogen) atoms. The zero-order valence-corrected chi connectivity index (χ0v) is 6.88. The second-order valence-electron chi connectivity index (χ2n) is 1.86. The molecule has 0 bridgehead atoms. The van der Waals surface area contributed by atoms with Crippen LogP contribution in [0.1, 0.15) is 26.2 Å². The lowest BCUT2D eigenvalue weighted by Crippen LogP contribution is -1.90. The van der Waals surface area contributed by atoms with Crippen LogP contribution >= 0.6 is 8.60 Å². The largest absolute Gasteiger partial charge is 0.359 e. The number of hydrogen-bond acceptors (Lipinski definition) is 4. The maximum absolute atomic E-state index is 8.53. The predicted molar refractivity (Wildman–Crippen MR) is 38.3 cm³/mol. The summed E-state index contributed by atoms with van der Waals surface area (Å²) in [6.07, 6.45) is 3.06. The molecule has 0 aliphatic rings. The molecule has 0 aliphatic carbocycles. The van der Waals surface area contributed by atoms with E-state index in [2.05, 4.69) is 16.1 Å². The van der Waals surface area contributed by atoms with E-state index in [1.54, 1.807) is 0 Å². The van der Waals surface area contributed by atoms with Crippen molar-refractivity contribution in [2.45, 2.75) is 26.2 Å². The van der Waals surface area contributed by atoms with Crippen LogP contribution in [0, 0.1) is 0 Å². The van der Waals surface area contributed by atoms with Crippen LogP contribution < -0.4 is 0 Å². The molecular formula is C5H13O4P. The predicted octanol–water partition coefficient (Wildman–Crippen LogP) is 1.90. The Morgan fingerprint density at radius 2 is 2.10 bits per heavy atom. The van der Waals surface area contributed by atoms with Crippen molar-refractivity contribution in [3.8, 4) is 0 Å². The summed E-state index contributed by atoms with van der Waals surface area (Å²) < 4.78 is 8.17. The van der Waals surface area contributed by atoms with Crippen molar-refractivity contribution in [1.29, 1.82) is 0 Å². The highest BCUT2D eigenvalue weighted by atomic mass is 31.2. The van der Waals surface area contributed by atoms with Gasteiger partial charge in [0.1, 0.15) is 0 Å². The summed E-state index contributed by atoms with van der Waals surface area (Å²) in [5.41, 5.74) is 0. The van der Waals surface area contributed by atoms with E-state index in [-0.39, 0.29) is 0 Å². The van der Waals surface area contributed by atoms with Crippen LogP contribution in [0.2, 0.25) is 0 Å². The van der Waals surface area contributed by atoms with Crippen molar-refractivity contribution in [3.63, 3.8) is 0 Å². The maximum Gasteiger partial charge on any atom is 0.359 e. The summed E-state index contributed by atoms with van der Waals surface area (Å²) in [6.45, 7) is 2.51. The first-order valence-electron chi connectivity index (χ1n) is 3.24. The lowest BCUT2D eigenvalue weighted by Gasteiger charge is -2.04. The van der Waals surface area contributed by atoms with E-state index in [0.717, 1.165) is 19.3 Å². The zero-order valence-electron chi connectivity index (χ0n) is 5.99. The third kappa shape index (κ3) is 6.39. The van der Waals surface area contributed by atoms with Gasteiger partial charge in [0.25, 0.3) is 0 Å². The average molecular weight is 168 g/mol. The Morgan fingerprint density at radius 3 is 2.60 bits per heavy atom. The molecule has 5 heteroatoms. The summed E-state index contributed by atoms with van der Waals surface area (Å²) in [5, 5.41) is 7.85. The Kier molecular flexibility index (Phi) is 7.58. The fourth-order valence-electron chi connectivity index (χ4n) is 0.518. The van der Waals surface area contributed by atoms with Gasteiger partial charge in [-0.2, -0.15) is 4.67 Å². The van der Waals surface area contributed by atoms with Gasteiger partial charge in [0.15, 0.2) is 0 Å². The van der Waals surface area contributed by atoms with Gasteiger partial charge in [-0.05, 0) is 6.42 Å². The normalized spacial score (nSPS) is 13.5. The van der Waals surface area contributed by atoms with Gasteiger partial charge in [-0.1, -0.05) is 19.8 Å². The van der Waals surface area contributed by atoms with Crippen LogP contribution in [0.25, 0.3) is 0 Å². The molecule has 0 heterocycles. The topological polar surface area (TPSA) is 58.9 Å². The smallest absolute Gasteiger partial charge is 0.326 e. The minimum atomic E-state index is -2.04. The first kappa shape index (κ1) is 10.3. The fourth-order valence-corrected chi connectivity index (χ4v) is 0.851. The second-order valence-corrected chi connectivity index (χ2v) is 2.76. The highest BCUT2D eigenvalue weighted by Crippen LogP contribution is 2.30. The van der Waals surface area contributed by atoms with Gasteiger partial charge < -0.3 is 9.42 Å². The summed E-state index contributed by atoms with van der Waals surface area (Å²) >= 11 is 0. The molecular weight excluding hydrogens is 155 g/mol. The molecule has 62 valence electrons. The van der Waals surface area contributed by atoms with Crippen molar-refractivity contribution >= 4 is 8.60 Å². The average Bonchev–Trinajstić information content (AvgIpc) is 1.98. The van der Waals surface area contributed by atoms with Crippen molar-refractivity contribution in [2.24, 2.45) is 0 Å². The minimum absolute atomic E-state index is 0.441. The molecule has 0 saturated carbocycles. The van der Waals surface area contributed by atoms with E-state index in [9.17, 15) is 0 Å². The van der Waals surface area contributed by atoms with Gasteiger partial charge >= 0.3 is 8.60 Å². The van der Waals surface area contributed by atoms with Crippen LogP contribution in [0.4, 0.5) is 0 Å². The molecule has 0 fully saturated rings. The van der Waals surface area contributed by atoms with Crippen LogP contribution in [0.5, 0.6) is 0 Å².